The van der Waals surface area contributed by atoms with Crippen molar-refractivity contribution in [2.45, 2.75) is 6.92 Å². The highest BCUT2D eigenvalue weighted by Gasteiger charge is 2.28. The van der Waals surface area contributed by atoms with Crippen LogP contribution in [0.15, 0.2) is 42.5 Å². The van der Waals surface area contributed by atoms with Crippen molar-refractivity contribution in [1.29, 1.82) is 0 Å². The highest BCUT2D eigenvalue weighted by molar-refractivity contribution is 5.86. The molecule has 0 atom stereocenters. The van der Waals surface area contributed by atoms with Crippen LogP contribution in [-0.2, 0) is 0 Å². The highest BCUT2D eigenvalue weighted by Crippen LogP contribution is 2.30. The minimum Gasteiger partial charge on any atom is -1.00 e. The second-order valence-electron chi connectivity index (χ2n) is 5.38. The average molecular weight is 313 g/mol. The number of rotatable bonds is 2. The molecule has 0 bridgehead atoms. The van der Waals surface area contributed by atoms with Crippen molar-refractivity contribution >= 4 is 23.3 Å². The van der Waals surface area contributed by atoms with E-state index in [-0.39, 0.29) is 12.4 Å². The summed E-state index contributed by atoms with van der Waals surface area (Å²) in [7, 11) is 0. The molecule has 0 spiro atoms. The third kappa shape index (κ3) is 2.51. The zero-order valence-corrected chi connectivity index (χ0v) is 13.1. The number of hydrogen-bond acceptors (Lipinski definition) is 3. The van der Waals surface area contributed by atoms with Crippen LogP contribution in [-0.4, -0.2) is 23.1 Å². The summed E-state index contributed by atoms with van der Waals surface area (Å²) in [6.45, 7) is 3.82. The van der Waals surface area contributed by atoms with Gasteiger partial charge in [-0.1, -0.05) is 30.4 Å². The van der Waals surface area contributed by atoms with Gasteiger partial charge in [0.05, 0.1) is 0 Å². The van der Waals surface area contributed by atoms with Crippen LogP contribution in [0.2, 0.25) is 0 Å². The number of nitrogens with two attached hydrogens (primary N) is 1. The van der Waals surface area contributed by atoms with Crippen molar-refractivity contribution in [3.63, 3.8) is 0 Å². The molecule has 22 heavy (non-hydrogen) atoms. The lowest BCUT2D eigenvalue weighted by Gasteiger charge is -2.18. The van der Waals surface area contributed by atoms with Crippen LogP contribution in [0.4, 0.5) is 11.5 Å². The summed E-state index contributed by atoms with van der Waals surface area (Å²) in [5, 5.41) is 2.21. The Morgan fingerprint density at radius 2 is 1.77 bits per heavy atom. The average Bonchev–Trinajstić information content (AvgIpc) is 3.16. The molecule has 2 aromatic rings. The molecular formula is C17H17ClN4. The van der Waals surface area contributed by atoms with E-state index in [9.17, 15) is 0 Å². The van der Waals surface area contributed by atoms with Crippen molar-refractivity contribution in [3.8, 4) is 0 Å². The van der Waals surface area contributed by atoms with Gasteiger partial charge in [-0.05, 0) is 19.1 Å². The summed E-state index contributed by atoms with van der Waals surface area (Å²) in [4.78, 5) is 11.5. The molecule has 2 N–H and O–H groups in total. The molecule has 0 fully saturated rings. The number of nitrogens with zero attached hydrogens (tertiary/aromatic N) is 3. The Hall–Kier alpha value is -2.17. The molecule has 1 aromatic heterocycles. The Balaban J connectivity index is 0.00000144. The number of aromatic nitrogens is 2. The van der Waals surface area contributed by atoms with Crippen LogP contribution in [0.3, 0.4) is 0 Å². The van der Waals surface area contributed by atoms with E-state index in [0.29, 0.717) is 0 Å². The van der Waals surface area contributed by atoms with Crippen LogP contribution in [0.5, 0.6) is 0 Å². The summed E-state index contributed by atoms with van der Waals surface area (Å²) in [6.07, 6.45) is 6.53. The number of anilines is 1. The summed E-state index contributed by atoms with van der Waals surface area (Å²) in [6, 6.07) is 10.4. The summed E-state index contributed by atoms with van der Waals surface area (Å²) in [5.74, 6) is 1.87. The molecule has 0 unspecified atom stereocenters. The van der Waals surface area contributed by atoms with Crippen molar-refractivity contribution in [3.05, 3.63) is 59.6 Å². The minimum absolute atomic E-state index is 0. The molecule has 0 amide bonds. The Bertz CT molecular complexity index is 745. The van der Waals surface area contributed by atoms with E-state index in [4.69, 9.17) is 0 Å². The van der Waals surface area contributed by atoms with E-state index >= 15 is 0 Å². The van der Waals surface area contributed by atoms with Gasteiger partial charge in [-0.3, -0.25) is 5.32 Å². The van der Waals surface area contributed by atoms with Crippen molar-refractivity contribution < 1.29 is 17.7 Å². The van der Waals surface area contributed by atoms with Gasteiger partial charge in [-0.15, -0.1) is 0 Å². The lowest BCUT2D eigenvalue weighted by Crippen LogP contribution is -3.00. The molecule has 2 aliphatic heterocycles. The SMILES string of the molecule is Cc1nc2c(c(N3CC=CC3)n1)[NH2+]C(c1ccccc1)=C2.[Cl-]. The summed E-state index contributed by atoms with van der Waals surface area (Å²) in [5.41, 5.74) is 4.60. The third-order valence-electron chi connectivity index (χ3n) is 3.88. The zero-order chi connectivity index (χ0) is 14.2. The van der Waals surface area contributed by atoms with Gasteiger partial charge in [0.1, 0.15) is 17.2 Å². The van der Waals surface area contributed by atoms with Crippen molar-refractivity contribution in [2.24, 2.45) is 0 Å². The topological polar surface area (TPSA) is 45.6 Å². The maximum absolute atomic E-state index is 4.67. The normalized spacial score (nSPS) is 15.5. The number of halogens is 1. The van der Waals surface area contributed by atoms with Crippen LogP contribution in [0.25, 0.3) is 11.8 Å². The predicted molar refractivity (Wildman–Crippen MR) is 84.0 cm³/mol. The van der Waals surface area contributed by atoms with E-state index in [0.717, 1.165) is 36.1 Å². The smallest absolute Gasteiger partial charge is 0.203 e. The molecule has 0 saturated carbocycles. The van der Waals surface area contributed by atoms with Gasteiger partial charge in [0.15, 0.2) is 5.82 Å². The first kappa shape index (κ1) is 14.8. The Labute approximate surface area is 136 Å². The second-order valence-corrected chi connectivity index (χ2v) is 5.38. The molecule has 0 radical (unpaired) electrons. The van der Waals surface area contributed by atoms with Crippen LogP contribution in [0, 0.1) is 6.92 Å². The molecule has 1 aromatic carbocycles. The molecule has 2 aliphatic rings. The Kier molecular flexibility index (Phi) is 3.96. The van der Waals surface area contributed by atoms with Gasteiger partial charge in [0.2, 0.25) is 5.69 Å². The first-order chi connectivity index (χ1) is 10.3. The molecule has 4 nitrogen and oxygen atoms in total. The Morgan fingerprint density at radius 1 is 1.05 bits per heavy atom. The van der Waals surface area contributed by atoms with Crippen molar-refractivity contribution in [1.82, 2.24) is 9.97 Å². The molecule has 0 aliphatic carbocycles. The quantitative estimate of drug-likeness (QED) is 0.714. The fraction of sp³-hybridized carbons (Fsp3) is 0.176. The minimum atomic E-state index is 0. The number of benzene rings is 1. The lowest BCUT2D eigenvalue weighted by atomic mass is 10.1. The first-order valence-corrected chi connectivity index (χ1v) is 7.22. The van der Waals surface area contributed by atoms with E-state index in [1.807, 2.05) is 13.0 Å². The number of quaternary nitrogens is 1. The molecule has 5 heteroatoms. The molecular weight excluding hydrogens is 296 g/mol. The first-order valence-electron chi connectivity index (χ1n) is 7.22. The van der Waals surface area contributed by atoms with Gasteiger partial charge < -0.3 is 17.3 Å². The van der Waals surface area contributed by atoms with Gasteiger partial charge in [-0.2, -0.15) is 0 Å². The molecule has 0 saturated heterocycles. The lowest BCUT2D eigenvalue weighted by molar-refractivity contribution is -0.464. The van der Waals surface area contributed by atoms with Gasteiger partial charge in [0, 0.05) is 24.7 Å². The second kappa shape index (κ2) is 5.91. The third-order valence-corrected chi connectivity index (χ3v) is 3.88. The molecule has 112 valence electrons. The van der Waals surface area contributed by atoms with E-state index < -0.39 is 0 Å². The largest absolute Gasteiger partial charge is 1.00 e. The fourth-order valence-electron chi connectivity index (χ4n) is 2.87. The highest BCUT2D eigenvalue weighted by atomic mass is 35.5. The van der Waals surface area contributed by atoms with Gasteiger partial charge in [-0.25, -0.2) is 9.97 Å². The Morgan fingerprint density at radius 3 is 2.50 bits per heavy atom. The van der Waals surface area contributed by atoms with Crippen LogP contribution >= 0.6 is 0 Å². The van der Waals surface area contributed by atoms with Crippen LogP contribution in [0.1, 0.15) is 17.1 Å². The maximum atomic E-state index is 4.67. The number of aryl methyl sites for hydroxylation is 1. The van der Waals surface area contributed by atoms with Gasteiger partial charge in [0.25, 0.3) is 0 Å². The molecule has 4 rings (SSSR count). The van der Waals surface area contributed by atoms with Crippen molar-refractivity contribution in [2.75, 3.05) is 18.0 Å². The monoisotopic (exact) mass is 312 g/mol. The van der Waals surface area contributed by atoms with E-state index in [1.165, 1.54) is 11.3 Å². The fourth-order valence-corrected chi connectivity index (χ4v) is 2.87. The predicted octanol–water partition coefficient (Wildman–Crippen LogP) is -1.13. The standard InChI is InChI=1S/C17H16N4.ClH/c1-12-18-15-11-14(13-7-3-2-4-8-13)20-16(15)17(19-12)21-9-5-6-10-21;/h2-8,11,20H,9-10H2,1H3;1H. The summed E-state index contributed by atoms with van der Waals surface area (Å²) >= 11 is 0. The van der Waals surface area contributed by atoms with E-state index in [1.54, 1.807) is 0 Å². The summed E-state index contributed by atoms with van der Waals surface area (Å²) < 4.78 is 0. The van der Waals surface area contributed by atoms with Crippen LogP contribution < -0.4 is 22.6 Å². The van der Waals surface area contributed by atoms with Gasteiger partial charge >= 0.3 is 0 Å². The zero-order valence-electron chi connectivity index (χ0n) is 12.3. The maximum Gasteiger partial charge on any atom is 0.203 e. The molecule has 3 heterocycles. The number of fused-ring (bicyclic) bond motifs is 1. The van der Waals surface area contributed by atoms with E-state index in [2.05, 4.69) is 62.7 Å². The number of hydrogen-bond donors (Lipinski definition) is 1.